The third-order valence-corrected chi connectivity index (χ3v) is 2.33. The Labute approximate surface area is 109 Å². The molecule has 19 heavy (non-hydrogen) atoms. The Morgan fingerprint density at radius 3 is 2.68 bits per heavy atom. The number of fused-ring (bicyclic) bond motifs is 1. The number of nitriles is 1. The molecule has 0 radical (unpaired) electrons. The Kier molecular flexibility index (Phi) is 3.83. The van der Waals surface area contributed by atoms with E-state index >= 15 is 0 Å². The third kappa shape index (κ3) is 3.13. The van der Waals surface area contributed by atoms with Gasteiger partial charge in [0.25, 0.3) is 0 Å². The van der Waals surface area contributed by atoms with Crippen molar-refractivity contribution in [1.29, 1.82) is 5.26 Å². The highest BCUT2D eigenvalue weighted by Gasteiger charge is 2.16. The second-order valence-electron chi connectivity index (χ2n) is 3.65. The fraction of sp³-hybridized carbons (Fsp3) is 0.250. The molecule has 2 amide bonds. The van der Waals surface area contributed by atoms with Crippen molar-refractivity contribution in [3.05, 3.63) is 18.2 Å². The summed E-state index contributed by atoms with van der Waals surface area (Å²) < 4.78 is 10.7. The van der Waals surface area contributed by atoms with Gasteiger partial charge in [-0.05, 0) is 12.1 Å². The summed E-state index contributed by atoms with van der Waals surface area (Å²) in [4.78, 5) is 22.7. The van der Waals surface area contributed by atoms with Gasteiger partial charge in [-0.2, -0.15) is 5.26 Å². The molecule has 7 heteroatoms. The monoisotopic (exact) mass is 261 g/mol. The topological polar surface area (TPSA) is 100 Å². The summed E-state index contributed by atoms with van der Waals surface area (Å²) in [5, 5.41) is 12.8. The van der Waals surface area contributed by atoms with Crippen LogP contribution in [0.1, 0.15) is 0 Å². The summed E-state index contributed by atoms with van der Waals surface area (Å²) in [6, 6.07) is 6.53. The standard InChI is InChI=1S/C12H11N3O4/c13-3-4-14-11(16)12(17)15-8-1-2-9-10(7-8)19-6-5-18-9/h1-2,7H,4-6H2,(H,14,16)(H,15,17). The first-order valence-corrected chi connectivity index (χ1v) is 5.56. The van der Waals surface area contributed by atoms with Crippen molar-refractivity contribution in [2.75, 3.05) is 25.1 Å². The maximum atomic E-state index is 11.5. The van der Waals surface area contributed by atoms with E-state index in [0.29, 0.717) is 30.4 Å². The van der Waals surface area contributed by atoms with Crippen LogP contribution in [0.5, 0.6) is 11.5 Å². The number of carbonyl (C=O) groups excluding carboxylic acids is 2. The van der Waals surface area contributed by atoms with E-state index in [4.69, 9.17) is 14.7 Å². The molecular weight excluding hydrogens is 250 g/mol. The lowest BCUT2D eigenvalue weighted by Crippen LogP contribution is -2.35. The number of hydrogen-bond donors (Lipinski definition) is 2. The molecule has 2 N–H and O–H groups in total. The predicted octanol–water partition coefficient (Wildman–Crippen LogP) is 0.0361. The fourth-order valence-electron chi connectivity index (χ4n) is 1.51. The summed E-state index contributed by atoms with van der Waals surface area (Å²) in [5.41, 5.74) is 0.418. The van der Waals surface area contributed by atoms with Crippen LogP contribution in [0.3, 0.4) is 0 Å². The zero-order chi connectivity index (χ0) is 13.7. The molecule has 7 nitrogen and oxygen atoms in total. The molecule has 1 aromatic rings. The molecule has 1 aromatic carbocycles. The molecule has 0 saturated heterocycles. The van der Waals surface area contributed by atoms with Gasteiger partial charge in [0.15, 0.2) is 11.5 Å². The van der Waals surface area contributed by atoms with Gasteiger partial charge in [0.1, 0.15) is 19.8 Å². The molecule has 1 aliphatic heterocycles. The van der Waals surface area contributed by atoms with Crippen molar-refractivity contribution in [3.63, 3.8) is 0 Å². The van der Waals surface area contributed by atoms with E-state index in [1.165, 1.54) is 0 Å². The highest BCUT2D eigenvalue weighted by atomic mass is 16.6. The zero-order valence-electron chi connectivity index (χ0n) is 9.93. The molecule has 0 spiro atoms. The molecule has 98 valence electrons. The minimum absolute atomic E-state index is 0.215. The van der Waals surface area contributed by atoms with E-state index in [0.717, 1.165) is 0 Å². The molecule has 0 aromatic heterocycles. The molecule has 0 aliphatic carbocycles. The van der Waals surface area contributed by atoms with Crippen molar-refractivity contribution in [2.24, 2.45) is 0 Å². The Morgan fingerprint density at radius 1 is 1.21 bits per heavy atom. The van der Waals surface area contributed by atoms with E-state index in [1.807, 2.05) is 0 Å². The summed E-state index contributed by atoms with van der Waals surface area (Å²) in [7, 11) is 0. The van der Waals surface area contributed by atoms with Crippen LogP contribution in [0.2, 0.25) is 0 Å². The second-order valence-corrected chi connectivity index (χ2v) is 3.65. The summed E-state index contributed by atoms with van der Waals surface area (Å²) >= 11 is 0. The fourth-order valence-corrected chi connectivity index (χ4v) is 1.51. The van der Waals surface area contributed by atoms with Crippen LogP contribution in [0.25, 0.3) is 0 Å². The number of nitrogens with zero attached hydrogens (tertiary/aromatic N) is 1. The highest BCUT2D eigenvalue weighted by molar-refractivity contribution is 6.39. The maximum absolute atomic E-state index is 11.5. The lowest BCUT2D eigenvalue weighted by atomic mass is 10.2. The zero-order valence-corrected chi connectivity index (χ0v) is 9.93. The number of rotatable bonds is 2. The number of hydrogen-bond acceptors (Lipinski definition) is 5. The Morgan fingerprint density at radius 2 is 1.95 bits per heavy atom. The Bertz CT molecular complexity index is 550. The van der Waals surface area contributed by atoms with Gasteiger partial charge in [-0.3, -0.25) is 9.59 Å². The van der Waals surface area contributed by atoms with Gasteiger partial charge in [0.05, 0.1) is 6.07 Å². The second kappa shape index (κ2) is 5.73. The van der Waals surface area contributed by atoms with Crippen LogP contribution in [0, 0.1) is 11.3 Å². The lowest BCUT2D eigenvalue weighted by molar-refractivity contribution is -0.136. The molecule has 2 rings (SSSR count). The van der Waals surface area contributed by atoms with Gasteiger partial charge in [-0.25, -0.2) is 0 Å². The Balaban J connectivity index is 2.01. The SMILES string of the molecule is N#CCNC(=O)C(=O)Nc1ccc2c(c1)OCCO2. The molecule has 1 aliphatic rings. The highest BCUT2D eigenvalue weighted by Crippen LogP contribution is 2.32. The normalized spacial score (nSPS) is 12.2. The van der Waals surface area contributed by atoms with Crippen LogP contribution in [0.4, 0.5) is 5.69 Å². The van der Waals surface area contributed by atoms with Crippen LogP contribution in [0.15, 0.2) is 18.2 Å². The van der Waals surface area contributed by atoms with Crippen LogP contribution in [-0.4, -0.2) is 31.6 Å². The molecular formula is C12H11N3O4. The molecule has 0 fully saturated rings. The number of anilines is 1. The maximum Gasteiger partial charge on any atom is 0.313 e. The van der Waals surface area contributed by atoms with Gasteiger partial charge in [-0.15, -0.1) is 0 Å². The first-order valence-electron chi connectivity index (χ1n) is 5.56. The largest absolute Gasteiger partial charge is 0.486 e. The van der Waals surface area contributed by atoms with Crippen LogP contribution < -0.4 is 20.1 Å². The third-order valence-electron chi connectivity index (χ3n) is 2.33. The van der Waals surface area contributed by atoms with E-state index in [2.05, 4.69) is 10.6 Å². The summed E-state index contributed by atoms with van der Waals surface area (Å²) in [5.74, 6) is -0.594. The van der Waals surface area contributed by atoms with E-state index in [9.17, 15) is 9.59 Å². The number of carbonyl (C=O) groups is 2. The number of nitrogens with one attached hydrogen (secondary N) is 2. The Hall–Kier alpha value is -2.75. The number of ether oxygens (including phenoxy) is 2. The van der Waals surface area contributed by atoms with Crippen LogP contribution >= 0.6 is 0 Å². The van der Waals surface area contributed by atoms with Crippen molar-refractivity contribution >= 4 is 17.5 Å². The lowest BCUT2D eigenvalue weighted by Gasteiger charge is -2.18. The minimum Gasteiger partial charge on any atom is -0.486 e. The minimum atomic E-state index is -0.864. The smallest absolute Gasteiger partial charge is 0.313 e. The average molecular weight is 261 g/mol. The number of amides is 2. The van der Waals surface area contributed by atoms with Crippen molar-refractivity contribution in [1.82, 2.24) is 5.32 Å². The van der Waals surface area contributed by atoms with Gasteiger partial charge in [-0.1, -0.05) is 0 Å². The first-order chi connectivity index (χ1) is 9.20. The van der Waals surface area contributed by atoms with E-state index in [-0.39, 0.29) is 6.54 Å². The summed E-state index contributed by atoms with van der Waals surface area (Å²) in [6.45, 7) is 0.704. The number of benzene rings is 1. The van der Waals surface area contributed by atoms with E-state index < -0.39 is 11.8 Å². The quantitative estimate of drug-likeness (QED) is 0.578. The van der Waals surface area contributed by atoms with Crippen molar-refractivity contribution in [3.8, 4) is 17.6 Å². The van der Waals surface area contributed by atoms with Gasteiger partial charge < -0.3 is 20.1 Å². The van der Waals surface area contributed by atoms with Crippen molar-refractivity contribution < 1.29 is 19.1 Å². The van der Waals surface area contributed by atoms with Gasteiger partial charge in [0, 0.05) is 11.8 Å². The average Bonchev–Trinajstić information content (AvgIpc) is 2.44. The van der Waals surface area contributed by atoms with Crippen molar-refractivity contribution in [2.45, 2.75) is 0 Å². The van der Waals surface area contributed by atoms with E-state index in [1.54, 1.807) is 24.3 Å². The molecule has 0 atom stereocenters. The van der Waals surface area contributed by atoms with Crippen LogP contribution in [-0.2, 0) is 9.59 Å². The molecule has 0 bridgehead atoms. The molecule has 0 saturated carbocycles. The molecule has 1 heterocycles. The predicted molar refractivity (Wildman–Crippen MR) is 64.7 cm³/mol. The summed E-state index contributed by atoms with van der Waals surface area (Å²) in [6.07, 6.45) is 0. The van der Waals surface area contributed by atoms with Gasteiger partial charge >= 0.3 is 11.8 Å². The first kappa shape index (κ1) is 12.7. The van der Waals surface area contributed by atoms with Gasteiger partial charge in [0.2, 0.25) is 0 Å². The molecule has 0 unspecified atom stereocenters.